The lowest BCUT2D eigenvalue weighted by molar-refractivity contribution is -0.274. The molecule has 1 aliphatic heterocycles. The molecule has 1 aromatic heterocycles. The second-order valence-electron chi connectivity index (χ2n) is 5.61. The summed E-state index contributed by atoms with van der Waals surface area (Å²) in [5, 5.41) is 13.4. The van der Waals surface area contributed by atoms with E-state index in [2.05, 4.69) is 10.1 Å². The first-order valence-electron chi connectivity index (χ1n) is 7.20. The van der Waals surface area contributed by atoms with Crippen LogP contribution >= 0.6 is 0 Å². The van der Waals surface area contributed by atoms with E-state index in [1.54, 1.807) is 0 Å². The van der Waals surface area contributed by atoms with E-state index >= 15 is 0 Å². The molecule has 0 saturated carbocycles. The SMILES string of the molecule is Cc1ccc([C@@H]2C[C@H](O)Cc3cc(OC(F)(F)F)ccc3N2)o1. The summed E-state index contributed by atoms with van der Waals surface area (Å²) in [4.78, 5) is 0. The van der Waals surface area contributed by atoms with Gasteiger partial charge in [-0.2, -0.15) is 0 Å². The molecule has 1 aromatic carbocycles. The first-order chi connectivity index (χ1) is 10.8. The average Bonchev–Trinajstić information content (AvgIpc) is 2.77. The quantitative estimate of drug-likeness (QED) is 0.877. The van der Waals surface area contributed by atoms with Gasteiger partial charge in [0.25, 0.3) is 0 Å². The molecule has 0 fully saturated rings. The van der Waals surface area contributed by atoms with Crippen molar-refractivity contribution in [2.75, 3.05) is 5.32 Å². The van der Waals surface area contributed by atoms with Crippen LogP contribution in [0.2, 0.25) is 0 Å². The summed E-state index contributed by atoms with van der Waals surface area (Å²) in [6.45, 7) is 1.82. The van der Waals surface area contributed by atoms with Crippen LogP contribution in [0.25, 0.3) is 0 Å². The van der Waals surface area contributed by atoms with E-state index in [0.29, 0.717) is 23.4 Å². The van der Waals surface area contributed by atoms with Crippen LogP contribution in [0.5, 0.6) is 5.75 Å². The Balaban J connectivity index is 1.87. The van der Waals surface area contributed by atoms with Gasteiger partial charge in [-0.05, 0) is 42.8 Å². The highest BCUT2D eigenvalue weighted by Crippen LogP contribution is 2.35. The van der Waals surface area contributed by atoms with Gasteiger partial charge in [-0.25, -0.2) is 0 Å². The van der Waals surface area contributed by atoms with Crippen molar-refractivity contribution in [2.24, 2.45) is 0 Å². The van der Waals surface area contributed by atoms with Gasteiger partial charge in [0, 0.05) is 18.5 Å². The van der Waals surface area contributed by atoms with E-state index in [9.17, 15) is 18.3 Å². The maximum atomic E-state index is 12.3. The molecule has 0 aliphatic carbocycles. The summed E-state index contributed by atoms with van der Waals surface area (Å²) in [7, 11) is 0. The van der Waals surface area contributed by atoms with Crippen LogP contribution in [0.4, 0.5) is 18.9 Å². The number of furan rings is 1. The summed E-state index contributed by atoms with van der Waals surface area (Å²) in [6, 6.07) is 7.49. The summed E-state index contributed by atoms with van der Waals surface area (Å²) in [5.41, 5.74) is 1.24. The van der Waals surface area contributed by atoms with Crippen LogP contribution in [-0.2, 0) is 6.42 Å². The van der Waals surface area contributed by atoms with E-state index in [4.69, 9.17) is 4.42 Å². The van der Waals surface area contributed by atoms with Gasteiger partial charge in [-0.1, -0.05) is 0 Å². The fourth-order valence-electron chi connectivity index (χ4n) is 2.76. The highest BCUT2D eigenvalue weighted by molar-refractivity contribution is 5.56. The fraction of sp³-hybridized carbons (Fsp3) is 0.375. The molecule has 7 heteroatoms. The zero-order valence-corrected chi connectivity index (χ0v) is 12.4. The van der Waals surface area contributed by atoms with Crippen molar-refractivity contribution in [1.82, 2.24) is 0 Å². The Labute approximate surface area is 130 Å². The first kappa shape index (κ1) is 15.7. The maximum Gasteiger partial charge on any atom is 0.573 e. The molecule has 124 valence electrons. The smallest absolute Gasteiger partial charge is 0.464 e. The maximum absolute atomic E-state index is 12.3. The van der Waals surface area contributed by atoms with Gasteiger partial charge in [-0.3, -0.25) is 0 Å². The summed E-state index contributed by atoms with van der Waals surface area (Å²) < 4.78 is 46.5. The third-order valence-corrected chi connectivity index (χ3v) is 3.71. The van der Waals surface area contributed by atoms with E-state index in [-0.39, 0.29) is 18.2 Å². The zero-order chi connectivity index (χ0) is 16.6. The Morgan fingerprint density at radius 3 is 2.70 bits per heavy atom. The number of halogens is 3. The van der Waals surface area contributed by atoms with Crippen LogP contribution in [0.3, 0.4) is 0 Å². The lowest BCUT2D eigenvalue weighted by Gasteiger charge is -2.17. The van der Waals surface area contributed by atoms with Crippen LogP contribution in [0.15, 0.2) is 34.7 Å². The molecular formula is C16H16F3NO3. The van der Waals surface area contributed by atoms with Gasteiger partial charge in [0.1, 0.15) is 17.3 Å². The zero-order valence-electron chi connectivity index (χ0n) is 12.4. The Morgan fingerprint density at radius 2 is 2.04 bits per heavy atom. The van der Waals surface area contributed by atoms with Crippen molar-refractivity contribution in [3.8, 4) is 5.75 Å². The van der Waals surface area contributed by atoms with E-state index < -0.39 is 12.5 Å². The minimum atomic E-state index is -4.74. The van der Waals surface area contributed by atoms with Crippen LogP contribution in [-0.4, -0.2) is 17.6 Å². The molecule has 1 aliphatic rings. The third-order valence-electron chi connectivity index (χ3n) is 3.71. The minimum absolute atomic E-state index is 0.241. The predicted molar refractivity (Wildman–Crippen MR) is 77.3 cm³/mol. The van der Waals surface area contributed by atoms with Crippen molar-refractivity contribution in [2.45, 2.75) is 38.3 Å². The average molecular weight is 327 g/mol. The first-order valence-corrected chi connectivity index (χ1v) is 7.20. The number of rotatable bonds is 2. The number of nitrogens with one attached hydrogen (secondary N) is 1. The topological polar surface area (TPSA) is 54.6 Å². The monoisotopic (exact) mass is 327 g/mol. The Kier molecular flexibility index (Phi) is 3.97. The largest absolute Gasteiger partial charge is 0.573 e. The second kappa shape index (κ2) is 5.81. The lowest BCUT2D eigenvalue weighted by atomic mass is 10.0. The highest BCUT2D eigenvalue weighted by atomic mass is 19.4. The van der Waals surface area contributed by atoms with Crippen molar-refractivity contribution >= 4 is 5.69 Å². The van der Waals surface area contributed by atoms with Gasteiger partial charge < -0.3 is 19.6 Å². The number of ether oxygens (including phenoxy) is 1. The third kappa shape index (κ3) is 3.79. The Hall–Kier alpha value is -2.15. The second-order valence-corrected chi connectivity index (χ2v) is 5.61. The molecule has 23 heavy (non-hydrogen) atoms. The van der Waals surface area contributed by atoms with Crippen molar-refractivity contribution < 1.29 is 27.4 Å². The lowest BCUT2D eigenvalue weighted by Crippen LogP contribution is -2.17. The molecule has 0 amide bonds. The van der Waals surface area contributed by atoms with Crippen molar-refractivity contribution in [3.05, 3.63) is 47.4 Å². The summed E-state index contributed by atoms with van der Waals surface area (Å²) in [5.74, 6) is 1.15. The van der Waals surface area contributed by atoms with Gasteiger partial charge in [0.05, 0.1) is 12.1 Å². The standard InChI is InChI=1S/C16H16F3NO3/c1-9-2-5-15(22-9)14-8-11(21)6-10-7-12(23-16(17,18)19)3-4-13(10)20-14/h2-5,7,11,14,20-21H,6,8H2,1H3/t11-,14+/m1/s1. The van der Waals surface area contributed by atoms with Gasteiger partial charge in [0.2, 0.25) is 0 Å². The highest BCUT2D eigenvalue weighted by Gasteiger charge is 2.32. The molecule has 0 unspecified atom stereocenters. The van der Waals surface area contributed by atoms with Gasteiger partial charge in [0.15, 0.2) is 0 Å². The van der Waals surface area contributed by atoms with E-state index in [0.717, 1.165) is 5.76 Å². The van der Waals surface area contributed by atoms with Crippen molar-refractivity contribution in [1.29, 1.82) is 0 Å². The molecule has 4 nitrogen and oxygen atoms in total. The fourth-order valence-corrected chi connectivity index (χ4v) is 2.76. The molecule has 2 atom stereocenters. The number of fused-ring (bicyclic) bond motifs is 1. The van der Waals surface area contributed by atoms with Crippen molar-refractivity contribution in [3.63, 3.8) is 0 Å². The molecule has 0 radical (unpaired) electrons. The normalized spacial score (nSPS) is 21.3. The van der Waals surface area contributed by atoms with Crippen LogP contribution < -0.4 is 10.1 Å². The number of aliphatic hydroxyl groups excluding tert-OH is 1. The summed E-state index contributed by atoms with van der Waals surface area (Å²) >= 11 is 0. The molecule has 0 saturated heterocycles. The van der Waals surface area contributed by atoms with Gasteiger partial charge in [-0.15, -0.1) is 13.2 Å². The number of aryl methyl sites for hydroxylation is 1. The summed E-state index contributed by atoms with van der Waals surface area (Å²) in [6.07, 6.45) is -4.79. The van der Waals surface area contributed by atoms with Crippen LogP contribution in [0.1, 0.15) is 29.5 Å². The number of benzene rings is 1. The molecule has 0 spiro atoms. The Bertz CT molecular complexity index is 696. The van der Waals surface area contributed by atoms with Gasteiger partial charge >= 0.3 is 6.36 Å². The molecule has 0 bridgehead atoms. The number of alkyl halides is 3. The molecule has 2 aromatic rings. The molecule has 2 heterocycles. The Morgan fingerprint density at radius 1 is 1.26 bits per heavy atom. The number of hydrogen-bond acceptors (Lipinski definition) is 4. The predicted octanol–water partition coefficient (Wildman–Crippen LogP) is 3.95. The van der Waals surface area contributed by atoms with Crippen LogP contribution in [0, 0.1) is 6.92 Å². The number of aliphatic hydroxyl groups is 1. The minimum Gasteiger partial charge on any atom is -0.464 e. The number of anilines is 1. The van der Waals surface area contributed by atoms with E-state index in [1.165, 1.54) is 18.2 Å². The molecule has 2 N–H and O–H groups in total. The van der Waals surface area contributed by atoms with E-state index in [1.807, 2.05) is 19.1 Å². The molecule has 3 rings (SSSR count). The number of hydrogen-bond donors (Lipinski definition) is 2. The molecular weight excluding hydrogens is 311 g/mol.